The molecule has 0 aliphatic carbocycles. The first kappa shape index (κ1) is 15.0. The molecule has 2 rings (SSSR count). The van der Waals surface area contributed by atoms with Crippen LogP contribution in [0.2, 0.25) is 0 Å². The fraction of sp³-hybridized carbons (Fsp3) is 0.467. The van der Waals surface area contributed by atoms with E-state index < -0.39 is 0 Å². The molecule has 4 nitrogen and oxygen atoms in total. The summed E-state index contributed by atoms with van der Waals surface area (Å²) in [7, 11) is 1.41. The Hall–Kier alpha value is -1.36. The number of esters is 1. The van der Waals surface area contributed by atoms with Crippen molar-refractivity contribution < 1.29 is 14.3 Å². The molecule has 1 aliphatic heterocycles. The zero-order valence-electron chi connectivity index (χ0n) is 11.7. The first-order valence-electron chi connectivity index (χ1n) is 6.66. The van der Waals surface area contributed by atoms with E-state index in [2.05, 4.69) is 15.9 Å². The predicted octanol–water partition coefficient (Wildman–Crippen LogP) is 2.78. The van der Waals surface area contributed by atoms with Gasteiger partial charge in [0.05, 0.1) is 18.6 Å². The highest BCUT2D eigenvalue weighted by Crippen LogP contribution is 2.25. The van der Waals surface area contributed by atoms with Gasteiger partial charge in [-0.2, -0.15) is 0 Å². The minimum atomic E-state index is -0.172. The molecule has 1 fully saturated rings. The number of benzene rings is 1. The molecule has 1 amide bonds. The van der Waals surface area contributed by atoms with E-state index in [1.807, 2.05) is 25.1 Å². The molecule has 0 radical (unpaired) electrons. The van der Waals surface area contributed by atoms with Gasteiger partial charge in [0.25, 0.3) is 5.91 Å². The van der Waals surface area contributed by atoms with Crippen LogP contribution in [-0.4, -0.2) is 37.0 Å². The highest BCUT2D eigenvalue weighted by Gasteiger charge is 2.29. The van der Waals surface area contributed by atoms with Gasteiger partial charge in [-0.05, 0) is 47.3 Å². The average molecular weight is 340 g/mol. The molecule has 1 aromatic carbocycles. The van der Waals surface area contributed by atoms with Crippen LogP contribution in [-0.2, 0) is 9.53 Å². The molecule has 1 aromatic rings. The molecule has 0 aromatic heterocycles. The maximum absolute atomic E-state index is 12.5. The topological polar surface area (TPSA) is 46.6 Å². The lowest BCUT2D eigenvalue weighted by atomic mass is 9.96. The zero-order valence-corrected chi connectivity index (χ0v) is 13.3. The quantitative estimate of drug-likeness (QED) is 0.778. The van der Waals surface area contributed by atoms with Crippen LogP contribution >= 0.6 is 15.9 Å². The van der Waals surface area contributed by atoms with E-state index in [1.54, 1.807) is 4.90 Å². The minimum Gasteiger partial charge on any atom is -0.469 e. The average Bonchev–Trinajstić information content (AvgIpc) is 2.48. The van der Waals surface area contributed by atoms with Crippen molar-refractivity contribution in [1.82, 2.24) is 4.90 Å². The first-order valence-corrected chi connectivity index (χ1v) is 7.46. The number of hydrogen-bond donors (Lipinski definition) is 0. The number of ether oxygens (including phenoxy) is 1. The van der Waals surface area contributed by atoms with E-state index in [4.69, 9.17) is 4.74 Å². The number of piperidine rings is 1. The van der Waals surface area contributed by atoms with Crippen LogP contribution in [0.1, 0.15) is 28.8 Å². The number of aryl methyl sites for hydroxylation is 1. The Labute approximate surface area is 127 Å². The van der Waals surface area contributed by atoms with Gasteiger partial charge in [-0.3, -0.25) is 9.59 Å². The Kier molecular flexibility index (Phi) is 4.81. The largest absolute Gasteiger partial charge is 0.469 e. The van der Waals surface area contributed by atoms with Gasteiger partial charge in [0.15, 0.2) is 0 Å². The Morgan fingerprint density at radius 1 is 1.30 bits per heavy atom. The molecule has 0 N–H and O–H groups in total. The van der Waals surface area contributed by atoms with Crippen molar-refractivity contribution in [1.29, 1.82) is 0 Å². The monoisotopic (exact) mass is 339 g/mol. The second-order valence-corrected chi connectivity index (χ2v) is 5.82. The van der Waals surface area contributed by atoms with Crippen LogP contribution in [0.4, 0.5) is 0 Å². The summed E-state index contributed by atoms with van der Waals surface area (Å²) < 4.78 is 5.60. The molecule has 108 valence electrons. The van der Waals surface area contributed by atoms with Crippen LogP contribution in [0.5, 0.6) is 0 Å². The van der Waals surface area contributed by atoms with Crippen LogP contribution in [0, 0.1) is 12.8 Å². The van der Waals surface area contributed by atoms with Gasteiger partial charge in [-0.25, -0.2) is 0 Å². The van der Waals surface area contributed by atoms with Crippen molar-refractivity contribution in [2.75, 3.05) is 20.2 Å². The summed E-state index contributed by atoms with van der Waals surface area (Å²) in [5, 5.41) is 0. The Morgan fingerprint density at radius 2 is 1.95 bits per heavy atom. The molecular formula is C15H18BrNO3. The van der Waals surface area contributed by atoms with Gasteiger partial charge in [0.1, 0.15) is 0 Å². The Morgan fingerprint density at radius 3 is 2.55 bits per heavy atom. The van der Waals surface area contributed by atoms with Crippen molar-refractivity contribution in [3.63, 3.8) is 0 Å². The summed E-state index contributed by atoms with van der Waals surface area (Å²) in [6, 6.07) is 5.67. The molecule has 5 heteroatoms. The number of nitrogens with zero attached hydrogens (tertiary/aromatic N) is 1. The standard InChI is InChI=1S/C15H18BrNO3/c1-10-4-3-5-12(13(10)16)14(18)17-8-6-11(7-9-17)15(19)20-2/h3-5,11H,6-9H2,1-2H3. The molecule has 20 heavy (non-hydrogen) atoms. The third-order valence-electron chi connectivity index (χ3n) is 3.74. The van der Waals surface area contributed by atoms with Gasteiger partial charge < -0.3 is 9.64 Å². The highest BCUT2D eigenvalue weighted by atomic mass is 79.9. The van der Waals surface area contributed by atoms with Crippen LogP contribution in [0.15, 0.2) is 22.7 Å². The number of amides is 1. The SMILES string of the molecule is COC(=O)C1CCN(C(=O)c2cccc(C)c2Br)CC1. The van der Waals surface area contributed by atoms with Gasteiger partial charge in [0, 0.05) is 17.6 Å². The van der Waals surface area contributed by atoms with Crippen molar-refractivity contribution in [2.24, 2.45) is 5.92 Å². The van der Waals surface area contributed by atoms with Gasteiger partial charge in [0.2, 0.25) is 0 Å². The number of carbonyl (C=O) groups excluding carboxylic acids is 2. The van der Waals surface area contributed by atoms with E-state index in [1.165, 1.54) is 7.11 Å². The normalized spacial score (nSPS) is 16.1. The van der Waals surface area contributed by atoms with Crippen LogP contribution in [0.25, 0.3) is 0 Å². The Bertz CT molecular complexity index is 522. The molecule has 0 bridgehead atoms. The van der Waals surface area contributed by atoms with Crippen LogP contribution < -0.4 is 0 Å². The summed E-state index contributed by atoms with van der Waals surface area (Å²) >= 11 is 3.47. The fourth-order valence-electron chi connectivity index (χ4n) is 2.47. The van der Waals surface area contributed by atoms with E-state index in [9.17, 15) is 9.59 Å². The van der Waals surface area contributed by atoms with Crippen molar-refractivity contribution in [3.05, 3.63) is 33.8 Å². The Balaban J connectivity index is 2.05. The summed E-state index contributed by atoms with van der Waals surface area (Å²) in [5.74, 6) is -0.234. The molecule has 0 unspecified atom stereocenters. The van der Waals surface area contributed by atoms with Crippen molar-refractivity contribution in [3.8, 4) is 0 Å². The van der Waals surface area contributed by atoms with E-state index in [0.29, 0.717) is 31.5 Å². The second kappa shape index (κ2) is 6.39. The maximum Gasteiger partial charge on any atom is 0.308 e. The number of methoxy groups -OCH3 is 1. The van der Waals surface area contributed by atoms with Gasteiger partial charge >= 0.3 is 5.97 Å². The fourth-order valence-corrected chi connectivity index (χ4v) is 2.90. The summed E-state index contributed by atoms with van der Waals surface area (Å²) in [6.45, 7) is 3.16. The molecule has 0 atom stereocenters. The van der Waals surface area contributed by atoms with E-state index >= 15 is 0 Å². The zero-order chi connectivity index (χ0) is 14.7. The number of likely N-dealkylation sites (tertiary alicyclic amines) is 1. The molecule has 1 saturated heterocycles. The third kappa shape index (κ3) is 3.03. The van der Waals surface area contributed by atoms with E-state index in [-0.39, 0.29) is 17.8 Å². The number of rotatable bonds is 2. The molecule has 1 aliphatic rings. The molecular weight excluding hydrogens is 322 g/mol. The number of hydrogen-bond acceptors (Lipinski definition) is 3. The lowest BCUT2D eigenvalue weighted by Gasteiger charge is -2.31. The molecule has 1 heterocycles. The summed E-state index contributed by atoms with van der Waals surface area (Å²) in [6.07, 6.45) is 1.34. The van der Waals surface area contributed by atoms with Crippen LogP contribution in [0.3, 0.4) is 0 Å². The number of halogens is 1. The summed E-state index contributed by atoms with van der Waals surface area (Å²) in [4.78, 5) is 25.8. The minimum absolute atomic E-state index is 0.0175. The first-order chi connectivity index (χ1) is 9.54. The number of carbonyl (C=O) groups is 2. The summed E-state index contributed by atoms with van der Waals surface area (Å²) in [5.41, 5.74) is 1.72. The van der Waals surface area contributed by atoms with E-state index in [0.717, 1.165) is 10.0 Å². The van der Waals surface area contributed by atoms with Crippen molar-refractivity contribution in [2.45, 2.75) is 19.8 Å². The lowest BCUT2D eigenvalue weighted by Crippen LogP contribution is -2.40. The predicted molar refractivity (Wildman–Crippen MR) is 79.5 cm³/mol. The lowest BCUT2D eigenvalue weighted by molar-refractivity contribution is -0.146. The second-order valence-electron chi connectivity index (χ2n) is 5.03. The molecule has 0 saturated carbocycles. The maximum atomic E-state index is 12.5. The third-order valence-corrected chi connectivity index (χ3v) is 4.79. The molecule has 0 spiro atoms. The highest BCUT2D eigenvalue weighted by molar-refractivity contribution is 9.10. The smallest absolute Gasteiger partial charge is 0.308 e. The van der Waals surface area contributed by atoms with Gasteiger partial charge in [-0.1, -0.05) is 12.1 Å². The van der Waals surface area contributed by atoms with Gasteiger partial charge in [-0.15, -0.1) is 0 Å². The van der Waals surface area contributed by atoms with Crippen molar-refractivity contribution >= 4 is 27.8 Å².